The molecule has 0 amide bonds. The Hall–Kier alpha value is -0.870. The van der Waals surface area contributed by atoms with Crippen molar-refractivity contribution in [2.45, 2.75) is 25.8 Å². The molecule has 1 unspecified atom stereocenters. The van der Waals surface area contributed by atoms with Crippen LogP contribution in [0.4, 0.5) is 5.69 Å². The summed E-state index contributed by atoms with van der Waals surface area (Å²) in [6, 6.07) is 6.25. The molecule has 1 atom stereocenters. The molecule has 1 aliphatic rings. The Morgan fingerprint density at radius 1 is 1.53 bits per heavy atom. The molecule has 0 saturated heterocycles. The molecule has 0 aliphatic heterocycles. The van der Waals surface area contributed by atoms with Gasteiger partial charge in [0.1, 0.15) is 0 Å². The number of hydrogen-bond acceptors (Lipinski definition) is 3. The number of aldehydes is 1. The van der Waals surface area contributed by atoms with Crippen LogP contribution in [0.5, 0.6) is 0 Å². The van der Waals surface area contributed by atoms with Crippen LogP contribution in [0, 0.1) is 5.92 Å². The monoisotopic (exact) mass is 325 g/mol. The molecule has 2 rings (SSSR count). The van der Waals surface area contributed by atoms with Crippen LogP contribution in [-0.2, 0) is 4.74 Å². The van der Waals surface area contributed by atoms with Crippen molar-refractivity contribution < 1.29 is 9.53 Å². The van der Waals surface area contributed by atoms with Crippen molar-refractivity contribution in [2.24, 2.45) is 5.92 Å². The summed E-state index contributed by atoms with van der Waals surface area (Å²) < 4.78 is 6.20. The van der Waals surface area contributed by atoms with Crippen LogP contribution < -0.4 is 4.90 Å². The Labute approximate surface area is 123 Å². The van der Waals surface area contributed by atoms with Crippen molar-refractivity contribution >= 4 is 27.9 Å². The summed E-state index contributed by atoms with van der Waals surface area (Å²) in [5, 5.41) is 0. The Morgan fingerprint density at radius 3 is 2.84 bits per heavy atom. The first kappa shape index (κ1) is 14.5. The SMILES string of the molecule is COCCN(c1cc(Br)ccc1C=O)C(C)C1CC1. The number of rotatable bonds is 7. The molecule has 1 fully saturated rings. The minimum absolute atomic E-state index is 0.447. The topological polar surface area (TPSA) is 29.5 Å². The van der Waals surface area contributed by atoms with Crippen LogP contribution in [0.2, 0.25) is 0 Å². The zero-order valence-corrected chi connectivity index (χ0v) is 13.0. The van der Waals surface area contributed by atoms with E-state index in [1.165, 1.54) is 12.8 Å². The fourth-order valence-corrected chi connectivity index (χ4v) is 2.78. The molecule has 0 radical (unpaired) electrons. The maximum Gasteiger partial charge on any atom is 0.152 e. The van der Waals surface area contributed by atoms with E-state index in [1.807, 2.05) is 18.2 Å². The van der Waals surface area contributed by atoms with Crippen LogP contribution in [0.25, 0.3) is 0 Å². The maximum absolute atomic E-state index is 11.3. The molecule has 104 valence electrons. The lowest BCUT2D eigenvalue weighted by Crippen LogP contribution is -2.38. The smallest absolute Gasteiger partial charge is 0.152 e. The van der Waals surface area contributed by atoms with Gasteiger partial charge in [-0.3, -0.25) is 4.79 Å². The highest BCUT2D eigenvalue weighted by Gasteiger charge is 2.32. The molecule has 1 saturated carbocycles. The minimum Gasteiger partial charge on any atom is -0.383 e. The van der Waals surface area contributed by atoms with Gasteiger partial charge in [-0.05, 0) is 43.9 Å². The maximum atomic E-state index is 11.3. The number of benzene rings is 1. The van der Waals surface area contributed by atoms with Crippen LogP contribution in [0.15, 0.2) is 22.7 Å². The van der Waals surface area contributed by atoms with Crippen LogP contribution >= 0.6 is 15.9 Å². The van der Waals surface area contributed by atoms with E-state index in [0.717, 1.165) is 34.5 Å². The number of carbonyl (C=O) groups is 1. The summed E-state index contributed by atoms with van der Waals surface area (Å²) in [4.78, 5) is 13.6. The molecule has 0 spiro atoms. The Bertz CT molecular complexity index is 446. The van der Waals surface area contributed by atoms with Crippen molar-refractivity contribution in [3.05, 3.63) is 28.2 Å². The van der Waals surface area contributed by atoms with E-state index in [9.17, 15) is 4.79 Å². The number of carbonyl (C=O) groups excluding carboxylic acids is 1. The molecule has 1 aromatic rings. The first-order valence-electron chi connectivity index (χ1n) is 6.67. The van der Waals surface area contributed by atoms with Crippen molar-refractivity contribution in [3.8, 4) is 0 Å². The molecule has 1 aromatic carbocycles. The molecule has 0 heterocycles. The van der Waals surface area contributed by atoms with Gasteiger partial charge in [0.2, 0.25) is 0 Å². The highest BCUT2D eigenvalue weighted by Crippen LogP contribution is 2.38. The van der Waals surface area contributed by atoms with E-state index in [-0.39, 0.29) is 0 Å². The highest BCUT2D eigenvalue weighted by atomic mass is 79.9. The minimum atomic E-state index is 0.447. The summed E-state index contributed by atoms with van der Waals surface area (Å²) in [5.74, 6) is 0.746. The molecule has 0 bridgehead atoms. The number of ether oxygens (including phenoxy) is 1. The molecular formula is C15H20BrNO2. The number of nitrogens with zero attached hydrogens (tertiary/aromatic N) is 1. The summed E-state index contributed by atoms with van der Waals surface area (Å²) in [6.07, 6.45) is 3.51. The van der Waals surface area contributed by atoms with Crippen molar-refractivity contribution in [1.29, 1.82) is 0 Å². The fourth-order valence-electron chi connectivity index (χ4n) is 2.43. The number of methoxy groups -OCH3 is 1. The lowest BCUT2D eigenvalue weighted by molar-refractivity contribution is 0.112. The number of halogens is 1. The van der Waals surface area contributed by atoms with Gasteiger partial charge in [-0.15, -0.1) is 0 Å². The summed E-state index contributed by atoms with van der Waals surface area (Å²) in [6.45, 7) is 3.72. The Morgan fingerprint density at radius 2 is 2.26 bits per heavy atom. The van der Waals surface area contributed by atoms with Gasteiger partial charge in [0.15, 0.2) is 6.29 Å². The van der Waals surface area contributed by atoms with Crippen LogP contribution in [0.3, 0.4) is 0 Å². The lowest BCUT2D eigenvalue weighted by atomic mass is 10.1. The van der Waals surface area contributed by atoms with Gasteiger partial charge < -0.3 is 9.64 Å². The summed E-state index contributed by atoms with van der Waals surface area (Å²) >= 11 is 3.49. The van der Waals surface area contributed by atoms with E-state index in [4.69, 9.17) is 4.74 Å². The van der Waals surface area contributed by atoms with E-state index in [1.54, 1.807) is 7.11 Å². The molecule has 0 aromatic heterocycles. The van der Waals surface area contributed by atoms with Gasteiger partial charge in [-0.25, -0.2) is 0 Å². The van der Waals surface area contributed by atoms with Crippen molar-refractivity contribution in [1.82, 2.24) is 0 Å². The third-order valence-corrected chi connectivity index (χ3v) is 4.25. The number of hydrogen-bond donors (Lipinski definition) is 0. The lowest BCUT2D eigenvalue weighted by Gasteiger charge is -2.32. The number of anilines is 1. The molecule has 4 heteroatoms. The molecule has 0 N–H and O–H groups in total. The quantitative estimate of drug-likeness (QED) is 0.718. The predicted molar refractivity (Wildman–Crippen MR) is 80.9 cm³/mol. The second kappa shape index (κ2) is 6.53. The molecule has 3 nitrogen and oxygen atoms in total. The standard InChI is InChI=1S/C15H20BrNO2/c1-11(12-3-4-12)17(7-8-19-2)15-9-14(16)6-5-13(15)10-18/h5-6,9-12H,3-4,7-8H2,1-2H3. The average Bonchev–Trinajstić information content (AvgIpc) is 3.23. The van der Waals surface area contributed by atoms with Crippen LogP contribution in [0.1, 0.15) is 30.1 Å². The predicted octanol–water partition coefficient (Wildman–Crippen LogP) is 3.51. The van der Waals surface area contributed by atoms with Crippen LogP contribution in [-0.4, -0.2) is 32.6 Å². The van der Waals surface area contributed by atoms with Gasteiger partial charge >= 0.3 is 0 Å². The van der Waals surface area contributed by atoms with Gasteiger partial charge in [0.25, 0.3) is 0 Å². The third-order valence-electron chi connectivity index (χ3n) is 3.76. The van der Waals surface area contributed by atoms with Gasteiger partial charge in [-0.2, -0.15) is 0 Å². The first-order chi connectivity index (χ1) is 9.17. The van der Waals surface area contributed by atoms with E-state index in [2.05, 4.69) is 27.8 Å². The van der Waals surface area contributed by atoms with E-state index < -0.39 is 0 Å². The summed E-state index contributed by atoms with van der Waals surface area (Å²) in [7, 11) is 1.71. The highest BCUT2D eigenvalue weighted by molar-refractivity contribution is 9.10. The summed E-state index contributed by atoms with van der Waals surface area (Å²) in [5.41, 5.74) is 1.74. The largest absolute Gasteiger partial charge is 0.383 e. The Balaban J connectivity index is 2.29. The molecule has 19 heavy (non-hydrogen) atoms. The van der Waals surface area contributed by atoms with E-state index >= 15 is 0 Å². The Kier molecular flexibility index (Phi) is 4.99. The van der Waals surface area contributed by atoms with Crippen molar-refractivity contribution in [2.75, 3.05) is 25.2 Å². The first-order valence-corrected chi connectivity index (χ1v) is 7.47. The van der Waals surface area contributed by atoms with Gasteiger partial charge in [-0.1, -0.05) is 15.9 Å². The fraction of sp³-hybridized carbons (Fsp3) is 0.533. The van der Waals surface area contributed by atoms with E-state index in [0.29, 0.717) is 12.6 Å². The average molecular weight is 326 g/mol. The zero-order chi connectivity index (χ0) is 13.8. The molecular weight excluding hydrogens is 306 g/mol. The second-order valence-corrected chi connectivity index (χ2v) is 6.00. The third kappa shape index (κ3) is 3.57. The second-order valence-electron chi connectivity index (χ2n) is 5.09. The molecule has 1 aliphatic carbocycles. The normalized spacial score (nSPS) is 16.2. The van der Waals surface area contributed by atoms with Gasteiger partial charge in [0.05, 0.1) is 6.61 Å². The van der Waals surface area contributed by atoms with Crippen molar-refractivity contribution in [3.63, 3.8) is 0 Å². The van der Waals surface area contributed by atoms with Gasteiger partial charge in [0, 0.05) is 35.4 Å². The zero-order valence-electron chi connectivity index (χ0n) is 11.4.